The van der Waals surface area contributed by atoms with Crippen molar-refractivity contribution in [3.05, 3.63) is 71.1 Å². The van der Waals surface area contributed by atoms with Crippen LogP contribution in [0.3, 0.4) is 0 Å². The summed E-state index contributed by atoms with van der Waals surface area (Å²) in [7, 11) is 0. The van der Waals surface area contributed by atoms with Gasteiger partial charge in [-0.1, -0.05) is 48.5 Å². The number of amides is 1. The van der Waals surface area contributed by atoms with Crippen molar-refractivity contribution in [2.75, 3.05) is 13.2 Å². The molecule has 0 spiro atoms. The largest absolute Gasteiger partial charge is 0.368 e. The summed E-state index contributed by atoms with van der Waals surface area (Å²) < 4.78 is 6.72. The van der Waals surface area contributed by atoms with Crippen molar-refractivity contribution >= 4 is 38.9 Å². The van der Waals surface area contributed by atoms with Crippen molar-refractivity contribution in [2.24, 2.45) is 5.92 Å². The molecule has 4 unspecified atom stereocenters. The lowest BCUT2D eigenvalue weighted by Crippen LogP contribution is -2.56. The summed E-state index contributed by atoms with van der Waals surface area (Å²) in [6.07, 6.45) is 0.506. The van der Waals surface area contributed by atoms with Crippen LogP contribution in [0.1, 0.15) is 21.7 Å². The van der Waals surface area contributed by atoms with E-state index in [4.69, 9.17) is 4.74 Å². The average Bonchev–Trinajstić information content (AvgIpc) is 3.43. The number of hydrogen-bond acceptors (Lipinski definition) is 6. The van der Waals surface area contributed by atoms with Crippen LogP contribution in [-0.4, -0.2) is 48.8 Å². The van der Waals surface area contributed by atoms with Crippen molar-refractivity contribution in [3.63, 3.8) is 0 Å². The number of ether oxygens (including phenoxy) is 1. The molecule has 0 bridgehead atoms. The van der Waals surface area contributed by atoms with Crippen LogP contribution < -0.4 is 10.6 Å². The zero-order valence-corrected chi connectivity index (χ0v) is 18.3. The molecule has 2 N–H and O–H groups in total. The van der Waals surface area contributed by atoms with Gasteiger partial charge in [-0.2, -0.15) is 0 Å². The summed E-state index contributed by atoms with van der Waals surface area (Å²) in [5.41, 5.74) is 0.969. The number of Topliss-reactive ketones (excluding diaryl/α,β-unsaturated/α-hetero) is 2. The third-order valence-corrected chi connectivity index (χ3v) is 7.37. The first-order valence-corrected chi connectivity index (χ1v) is 11.7. The molecule has 2 saturated heterocycles. The summed E-state index contributed by atoms with van der Waals surface area (Å²) in [5, 5.41) is 7.17. The number of ketones is 2. The Hall–Kier alpha value is -2.87. The van der Waals surface area contributed by atoms with Gasteiger partial charge in [-0.3, -0.25) is 14.4 Å². The fourth-order valence-electron chi connectivity index (χ4n) is 4.64. The normalized spacial score (nSPS) is 23.6. The second kappa shape index (κ2) is 8.94. The highest BCUT2D eigenvalue weighted by atomic mass is 32.1. The van der Waals surface area contributed by atoms with Gasteiger partial charge in [-0.05, 0) is 42.5 Å². The summed E-state index contributed by atoms with van der Waals surface area (Å²) in [4.78, 5) is 39.5. The van der Waals surface area contributed by atoms with Crippen LogP contribution in [0.25, 0.3) is 10.1 Å². The molecule has 4 atom stereocenters. The Morgan fingerprint density at radius 2 is 1.91 bits per heavy atom. The van der Waals surface area contributed by atoms with Crippen molar-refractivity contribution in [3.8, 4) is 0 Å². The molecule has 164 valence electrons. The first-order chi connectivity index (χ1) is 15.6. The Bertz CT molecular complexity index is 1130. The van der Waals surface area contributed by atoms with Crippen molar-refractivity contribution in [2.45, 2.75) is 31.0 Å². The van der Waals surface area contributed by atoms with E-state index in [9.17, 15) is 14.4 Å². The molecule has 6 nitrogen and oxygen atoms in total. The standard InChI is InChI=1S/C25H24N2O4S/c28-19-14-31-24-17(10-11-26-22(19)24)23(29)18(12-15-6-2-1-3-7-15)27-25(30)21-13-16-8-4-5-9-20(16)32-21/h1-9,13,17-18,22,24,26H,10-12,14H2,(H,27,30). The predicted octanol–water partition coefficient (Wildman–Crippen LogP) is 2.76. The minimum absolute atomic E-state index is 0.0126. The molecule has 3 aromatic rings. The van der Waals surface area contributed by atoms with Gasteiger partial charge in [0.2, 0.25) is 0 Å². The van der Waals surface area contributed by atoms with Crippen LogP contribution in [0.4, 0.5) is 0 Å². The molecule has 0 radical (unpaired) electrons. The Labute approximate surface area is 190 Å². The molecule has 2 aliphatic heterocycles. The van der Waals surface area contributed by atoms with Crippen molar-refractivity contribution in [1.82, 2.24) is 10.6 Å². The first kappa shape index (κ1) is 21.0. The van der Waals surface area contributed by atoms with Gasteiger partial charge in [0.1, 0.15) is 6.61 Å². The quantitative estimate of drug-likeness (QED) is 0.606. The SMILES string of the molecule is O=C(NC(Cc1ccccc1)C(=O)C1CCNC2C(=O)COC12)c1cc2ccccc2s1. The van der Waals surface area contributed by atoms with Crippen molar-refractivity contribution < 1.29 is 19.1 Å². The molecule has 1 amide bonds. The van der Waals surface area contributed by atoms with Gasteiger partial charge in [-0.25, -0.2) is 0 Å². The van der Waals surface area contributed by atoms with E-state index in [0.717, 1.165) is 15.6 Å². The number of benzene rings is 2. The second-order valence-corrected chi connectivity index (χ2v) is 9.42. The molecule has 32 heavy (non-hydrogen) atoms. The number of piperidine rings is 1. The third kappa shape index (κ3) is 4.11. The van der Waals surface area contributed by atoms with E-state index >= 15 is 0 Å². The Balaban J connectivity index is 1.40. The van der Waals surface area contributed by atoms with Gasteiger partial charge in [0.15, 0.2) is 11.6 Å². The highest BCUT2D eigenvalue weighted by Gasteiger charge is 2.47. The van der Waals surface area contributed by atoms with Gasteiger partial charge >= 0.3 is 0 Å². The molecule has 1 aromatic heterocycles. The number of nitrogens with one attached hydrogen (secondary N) is 2. The molecule has 2 fully saturated rings. The van der Waals surface area contributed by atoms with Crippen LogP contribution in [0.15, 0.2) is 60.7 Å². The average molecular weight is 449 g/mol. The van der Waals surface area contributed by atoms with Crippen LogP contribution in [0.5, 0.6) is 0 Å². The van der Waals surface area contributed by atoms with E-state index in [1.165, 1.54) is 11.3 Å². The van der Waals surface area contributed by atoms with Crippen molar-refractivity contribution in [1.29, 1.82) is 0 Å². The maximum absolute atomic E-state index is 13.7. The number of thiophene rings is 1. The van der Waals surface area contributed by atoms with E-state index in [0.29, 0.717) is 24.3 Å². The van der Waals surface area contributed by atoms with E-state index < -0.39 is 24.1 Å². The molecule has 0 aliphatic carbocycles. The van der Waals surface area contributed by atoms with E-state index in [2.05, 4.69) is 10.6 Å². The lowest BCUT2D eigenvalue weighted by atomic mass is 9.82. The molecule has 0 saturated carbocycles. The monoisotopic (exact) mass is 448 g/mol. The van der Waals surface area contributed by atoms with E-state index in [1.807, 2.05) is 60.7 Å². The van der Waals surface area contributed by atoms with Gasteiger partial charge < -0.3 is 15.4 Å². The Morgan fingerprint density at radius 3 is 2.72 bits per heavy atom. The Morgan fingerprint density at radius 1 is 1.12 bits per heavy atom. The summed E-state index contributed by atoms with van der Waals surface area (Å²) in [6, 6.07) is 18.2. The Kier molecular flexibility index (Phi) is 5.87. The number of hydrogen-bond donors (Lipinski definition) is 2. The number of carbonyl (C=O) groups excluding carboxylic acids is 3. The van der Waals surface area contributed by atoms with Gasteiger partial charge in [0, 0.05) is 10.6 Å². The van der Waals surface area contributed by atoms with E-state index in [-0.39, 0.29) is 24.1 Å². The zero-order chi connectivity index (χ0) is 22.1. The summed E-state index contributed by atoms with van der Waals surface area (Å²) in [5.74, 6) is -0.769. The van der Waals surface area contributed by atoms with Crippen LogP contribution in [0.2, 0.25) is 0 Å². The highest BCUT2D eigenvalue weighted by molar-refractivity contribution is 7.20. The molecule has 5 rings (SSSR count). The van der Waals surface area contributed by atoms with Gasteiger partial charge in [0.25, 0.3) is 5.91 Å². The van der Waals surface area contributed by atoms with Crippen LogP contribution in [0, 0.1) is 5.92 Å². The fraction of sp³-hybridized carbons (Fsp3) is 0.320. The number of rotatable bonds is 6. The smallest absolute Gasteiger partial charge is 0.261 e. The lowest BCUT2D eigenvalue weighted by molar-refractivity contribution is -0.130. The molecule has 2 aromatic carbocycles. The lowest BCUT2D eigenvalue weighted by Gasteiger charge is -2.33. The molecular weight excluding hydrogens is 424 g/mol. The predicted molar refractivity (Wildman–Crippen MR) is 123 cm³/mol. The number of fused-ring (bicyclic) bond motifs is 2. The third-order valence-electron chi connectivity index (χ3n) is 6.26. The maximum Gasteiger partial charge on any atom is 0.261 e. The molecular formula is C25H24N2O4S. The first-order valence-electron chi connectivity index (χ1n) is 10.8. The maximum atomic E-state index is 13.7. The topological polar surface area (TPSA) is 84.5 Å². The van der Waals surface area contributed by atoms with E-state index in [1.54, 1.807) is 0 Å². The fourth-order valence-corrected chi connectivity index (χ4v) is 5.61. The zero-order valence-electron chi connectivity index (χ0n) is 17.5. The number of carbonyl (C=O) groups is 3. The molecule has 3 heterocycles. The minimum Gasteiger partial charge on any atom is -0.368 e. The second-order valence-electron chi connectivity index (χ2n) is 8.34. The summed E-state index contributed by atoms with van der Waals surface area (Å²) >= 11 is 1.41. The van der Waals surface area contributed by atoms with Gasteiger partial charge in [-0.15, -0.1) is 11.3 Å². The van der Waals surface area contributed by atoms with Gasteiger partial charge in [0.05, 0.1) is 23.1 Å². The van der Waals surface area contributed by atoms with Crippen LogP contribution >= 0.6 is 11.3 Å². The summed E-state index contributed by atoms with van der Waals surface area (Å²) in [6.45, 7) is 0.610. The minimum atomic E-state index is -0.696. The highest BCUT2D eigenvalue weighted by Crippen LogP contribution is 2.29. The molecule has 7 heteroatoms. The van der Waals surface area contributed by atoms with Crippen LogP contribution in [-0.2, 0) is 20.7 Å². The molecule has 2 aliphatic rings.